The molecule has 21 heavy (non-hydrogen) atoms. The second-order valence-corrected chi connectivity index (χ2v) is 4.24. The lowest BCUT2D eigenvalue weighted by Crippen LogP contribution is -2.12. The smallest absolute Gasteiger partial charge is 0.227 e. The van der Waals surface area contributed by atoms with E-state index >= 15 is 0 Å². The Morgan fingerprint density at radius 1 is 1.48 bits per heavy atom. The van der Waals surface area contributed by atoms with Crippen LogP contribution >= 0.6 is 12.4 Å². The minimum Gasteiger partial charge on any atom is -0.495 e. The van der Waals surface area contributed by atoms with Crippen molar-refractivity contribution in [2.45, 2.75) is 19.8 Å². The molecule has 0 aliphatic heterocycles. The van der Waals surface area contributed by atoms with Crippen LogP contribution in [-0.2, 0) is 11.2 Å². The van der Waals surface area contributed by atoms with Crippen LogP contribution in [0.2, 0.25) is 0 Å². The summed E-state index contributed by atoms with van der Waals surface area (Å²) in [7, 11) is 1.54. The van der Waals surface area contributed by atoms with Crippen molar-refractivity contribution in [3.8, 4) is 5.75 Å². The number of benzene rings is 1. The van der Waals surface area contributed by atoms with Gasteiger partial charge in [0.05, 0.1) is 12.8 Å². The van der Waals surface area contributed by atoms with Gasteiger partial charge in [-0.15, -0.1) is 12.4 Å². The standard InChI is InChI=1S/C13H16N4O3.ClH/c1-8-15-13(20-17-8)6-5-12(18)16-9-3-4-11(19-2)10(14)7-9;/h3-4,7H,5-6,14H2,1-2H3,(H,16,18);1H. The first-order valence-corrected chi connectivity index (χ1v) is 6.11. The number of carbonyl (C=O) groups excluding carboxylic acids is 1. The Morgan fingerprint density at radius 3 is 2.81 bits per heavy atom. The van der Waals surface area contributed by atoms with Gasteiger partial charge in [-0.3, -0.25) is 4.79 Å². The van der Waals surface area contributed by atoms with Crippen LogP contribution in [0.3, 0.4) is 0 Å². The first-order chi connectivity index (χ1) is 9.58. The molecule has 114 valence electrons. The van der Waals surface area contributed by atoms with Crippen molar-refractivity contribution in [2.24, 2.45) is 0 Å². The molecule has 0 saturated heterocycles. The predicted octanol–water partition coefficient (Wildman–Crippen LogP) is 1.96. The van der Waals surface area contributed by atoms with Crippen LogP contribution in [0.25, 0.3) is 0 Å². The van der Waals surface area contributed by atoms with Crippen molar-refractivity contribution in [3.63, 3.8) is 0 Å². The monoisotopic (exact) mass is 312 g/mol. The molecule has 2 rings (SSSR count). The molecule has 0 atom stereocenters. The highest BCUT2D eigenvalue weighted by molar-refractivity contribution is 5.91. The number of aromatic nitrogens is 2. The molecule has 1 amide bonds. The zero-order valence-corrected chi connectivity index (χ0v) is 12.6. The average Bonchev–Trinajstić information content (AvgIpc) is 2.82. The van der Waals surface area contributed by atoms with Crippen LogP contribution in [0.4, 0.5) is 11.4 Å². The first kappa shape index (κ1) is 16.8. The van der Waals surface area contributed by atoms with E-state index in [-0.39, 0.29) is 24.7 Å². The molecule has 3 N–H and O–H groups in total. The number of hydrogen-bond donors (Lipinski definition) is 2. The number of halogens is 1. The third-order valence-electron chi connectivity index (χ3n) is 2.65. The van der Waals surface area contributed by atoms with E-state index in [9.17, 15) is 4.79 Å². The molecular weight excluding hydrogens is 296 g/mol. The summed E-state index contributed by atoms with van der Waals surface area (Å²) in [6.45, 7) is 1.73. The Morgan fingerprint density at radius 2 is 2.24 bits per heavy atom. The van der Waals surface area contributed by atoms with Crippen LogP contribution < -0.4 is 15.8 Å². The molecule has 2 aromatic rings. The Balaban J connectivity index is 0.00000220. The van der Waals surface area contributed by atoms with Crippen molar-refractivity contribution < 1.29 is 14.1 Å². The fourth-order valence-corrected chi connectivity index (χ4v) is 1.70. The maximum absolute atomic E-state index is 11.8. The van der Waals surface area contributed by atoms with E-state index in [0.717, 1.165) is 0 Å². The number of nitrogens with one attached hydrogen (secondary N) is 1. The van der Waals surface area contributed by atoms with Crippen LogP contribution in [0.15, 0.2) is 22.7 Å². The molecular formula is C13H17ClN4O3. The van der Waals surface area contributed by atoms with Gasteiger partial charge in [-0.05, 0) is 25.1 Å². The summed E-state index contributed by atoms with van der Waals surface area (Å²) in [6, 6.07) is 5.07. The maximum atomic E-state index is 11.8. The minimum atomic E-state index is -0.148. The normalized spacial score (nSPS) is 9.81. The van der Waals surface area contributed by atoms with E-state index in [4.69, 9.17) is 15.0 Å². The zero-order valence-electron chi connectivity index (χ0n) is 11.8. The highest BCUT2D eigenvalue weighted by Gasteiger charge is 2.08. The zero-order chi connectivity index (χ0) is 14.5. The molecule has 0 aliphatic carbocycles. The Labute approximate surface area is 128 Å². The van der Waals surface area contributed by atoms with Gasteiger partial charge in [-0.1, -0.05) is 5.16 Å². The van der Waals surface area contributed by atoms with Crippen molar-refractivity contribution in [1.82, 2.24) is 10.1 Å². The van der Waals surface area contributed by atoms with Crippen LogP contribution in [0.1, 0.15) is 18.1 Å². The Bertz CT molecular complexity index is 615. The highest BCUT2D eigenvalue weighted by atomic mass is 35.5. The second kappa shape index (κ2) is 7.49. The van der Waals surface area contributed by atoms with E-state index in [1.807, 2.05) is 0 Å². The SMILES string of the molecule is COc1ccc(NC(=O)CCc2nc(C)no2)cc1N.Cl. The highest BCUT2D eigenvalue weighted by Crippen LogP contribution is 2.24. The summed E-state index contributed by atoms with van der Waals surface area (Å²) < 4.78 is 9.98. The van der Waals surface area contributed by atoms with Gasteiger partial charge in [-0.2, -0.15) is 4.98 Å². The van der Waals surface area contributed by atoms with Gasteiger partial charge in [0.25, 0.3) is 0 Å². The van der Waals surface area contributed by atoms with Crippen molar-refractivity contribution in [1.29, 1.82) is 0 Å². The molecule has 0 saturated carbocycles. The molecule has 0 bridgehead atoms. The Hall–Kier alpha value is -2.28. The van der Waals surface area contributed by atoms with Crippen LogP contribution in [0, 0.1) is 6.92 Å². The fourth-order valence-electron chi connectivity index (χ4n) is 1.70. The molecule has 1 aromatic heterocycles. The van der Waals surface area contributed by atoms with Gasteiger partial charge in [0.15, 0.2) is 5.82 Å². The van der Waals surface area contributed by atoms with Crippen LogP contribution in [-0.4, -0.2) is 23.2 Å². The fraction of sp³-hybridized carbons (Fsp3) is 0.308. The van der Waals surface area contributed by atoms with Gasteiger partial charge in [0.2, 0.25) is 11.8 Å². The summed E-state index contributed by atoms with van der Waals surface area (Å²) in [5.74, 6) is 1.44. The number of carbonyl (C=O) groups is 1. The molecule has 1 heterocycles. The molecule has 0 aliphatic rings. The number of methoxy groups -OCH3 is 1. The maximum Gasteiger partial charge on any atom is 0.227 e. The van der Waals surface area contributed by atoms with E-state index in [1.54, 1.807) is 25.1 Å². The molecule has 0 fully saturated rings. The van der Waals surface area contributed by atoms with E-state index in [2.05, 4.69) is 15.5 Å². The van der Waals surface area contributed by atoms with Crippen LogP contribution in [0.5, 0.6) is 5.75 Å². The summed E-state index contributed by atoms with van der Waals surface area (Å²) in [5, 5.41) is 6.41. The van der Waals surface area contributed by atoms with E-state index in [1.165, 1.54) is 7.11 Å². The second-order valence-electron chi connectivity index (χ2n) is 4.24. The summed E-state index contributed by atoms with van der Waals surface area (Å²) in [5.41, 5.74) is 6.86. The van der Waals surface area contributed by atoms with Crippen molar-refractivity contribution in [2.75, 3.05) is 18.2 Å². The predicted molar refractivity (Wildman–Crippen MR) is 80.6 cm³/mol. The largest absolute Gasteiger partial charge is 0.495 e. The quantitative estimate of drug-likeness (QED) is 0.818. The lowest BCUT2D eigenvalue weighted by Gasteiger charge is -2.08. The number of nitrogens with zero attached hydrogens (tertiary/aromatic N) is 2. The number of ether oxygens (including phenoxy) is 1. The molecule has 0 spiro atoms. The molecule has 7 nitrogen and oxygen atoms in total. The van der Waals surface area contributed by atoms with Gasteiger partial charge < -0.3 is 20.3 Å². The first-order valence-electron chi connectivity index (χ1n) is 6.11. The number of amides is 1. The van der Waals surface area contributed by atoms with E-state index in [0.29, 0.717) is 35.3 Å². The minimum absolute atomic E-state index is 0. The Kier molecular flexibility index (Phi) is 5.98. The van der Waals surface area contributed by atoms with Gasteiger partial charge >= 0.3 is 0 Å². The number of nitrogens with two attached hydrogens (primary N) is 1. The molecule has 0 unspecified atom stereocenters. The molecule has 8 heteroatoms. The average molecular weight is 313 g/mol. The third-order valence-corrected chi connectivity index (χ3v) is 2.65. The lowest BCUT2D eigenvalue weighted by atomic mass is 10.2. The van der Waals surface area contributed by atoms with Gasteiger partial charge in [0, 0.05) is 18.5 Å². The summed E-state index contributed by atoms with van der Waals surface area (Å²) in [4.78, 5) is 15.8. The molecule has 1 aromatic carbocycles. The summed E-state index contributed by atoms with van der Waals surface area (Å²) >= 11 is 0. The van der Waals surface area contributed by atoms with Gasteiger partial charge in [-0.25, -0.2) is 0 Å². The van der Waals surface area contributed by atoms with Gasteiger partial charge in [0.1, 0.15) is 5.75 Å². The summed E-state index contributed by atoms with van der Waals surface area (Å²) in [6.07, 6.45) is 0.659. The van der Waals surface area contributed by atoms with E-state index < -0.39 is 0 Å². The topological polar surface area (TPSA) is 103 Å². The number of anilines is 2. The van der Waals surface area contributed by atoms with Crippen molar-refractivity contribution >= 4 is 29.7 Å². The number of rotatable bonds is 5. The van der Waals surface area contributed by atoms with Crippen molar-refractivity contribution in [3.05, 3.63) is 29.9 Å². The number of hydrogen-bond acceptors (Lipinski definition) is 6. The lowest BCUT2D eigenvalue weighted by molar-refractivity contribution is -0.116. The number of aryl methyl sites for hydroxylation is 2. The third kappa shape index (κ3) is 4.64. The number of nitrogen functional groups attached to an aromatic ring is 1. The molecule has 0 radical (unpaired) electrons.